The maximum Gasteiger partial charge on any atom is 0.127 e. The number of pyridine rings is 1. The molecule has 2 aromatic heterocycles. The maximum absolute atomic E-state index is 9.25. The van der Waals surface area contributed by atoms with Gasteiger partial charge in [0, 0.05) is 18.0 Å². The zero-order valence-electron chi connectivity index (χ0n) is 9.35. The summed E-state index contributed by atoms with van der Waals surface area (Å²) >= 11 is 0. The van der Waals surface area contributed by atoms with Gasteiger partial charge < -0.3 is 4.98 Å². The third-order valence-electron chi connectivity index (χ3n) is 3.42. The monoisotopic (exact) mass is 224 g/mol. The van der Waals surface area contributed by atoms with Crippen molar-refractivity contribution in [3.8, 4) is 17.3 Å². The molecule has 2 aromatic rings. The Labute approximate surface area is 99.3 Å². The van der Waals surface area contributed by atoms with Crippen LogP contribution in [0.3, 0.4) is 0 Å². The number of hydrogen-bond donors (Lipinski definition) is 1. The van der Waals surface area contributed by atoms with E-state index in [1.807, 2.05) is 12.1 Å². The number of imidazole rings is 1. The Kier molecular flexibility index (Phi) is 2.19. The van der Waals surface area contributed by atoms with Gasteiger partial charge in [0.1, 0.15) is 11.2 Å². The lowest BCUT2D eigenvalue weighted by Gasteiger charge is -2.32. The highest BCUT2D eigenvalue weighted by molar-refractivity contribution is 5.57. The van der Waals surface area contributed by atoms with Crippen LogP contribution < -0.4 is 0 Å². The van der Waals surface area contributed by atoms with E-state index in [4.69, 9.17) is 0 Å². The summed E-state index contributed by atoms with van der Waals surface area (Å²) in [5.74, 6) is 0.796. The van der Waals surface area contributed by atoms with Gasteiger partial charge in [-0.15, -0.1) is 0 Å². The Hall–Kier alpha value is -2.15. The first-order valence-corrected chi connectivity index (χ1v) is 5.71. The van der Waals surface area contributed by atoms with Gasteiger partial charge >= 0.3 is 0 Å². The summed E-state index contributed by atoms with van der Waals surface area (Å²) in [6, 6.07) is 6.25. The lowest BCUT2D eigenvalue weighted by molar-refractivity contribution is 0.309. The van der Waals surface area contributed by atoms with Crippen LogP contribution in [0, 0.1) is 11.3 Å². The van der Waals surface area contributed by atoms with Crippen LogP contribution in [0.1, 0.15) is 25.1 Å². The molecule has 0 unspecified atom stereocenters. The second-order valence-corrected chi connectivity index (χ2v) is 4.43. The number of hydrogen-bond acceptors (Lipinski definition) is 3. The molecule has 0 amide bonds. The summed E-state index contributed by atoms with van der Waals surface area (Å²) in [7, 11) is 0. The molecule has 84 valence electrons. The van der Waals surface area contributed by atoms with E-state index in [2.05, 4.69) is 21.0 Å². The molecule has 1 saturated carbocycles. The Balaban J connectivity index is 1.97. The summed E-state index contributed by atoms with van der Waals surface area (Å²) in [6.07, 6.45) is 8.23. The van der Waals surface area contributed by atoms with E-state index in [-0.39, 0.29) is 5.41 Å². The summed E-state index contributed by atoms with van der Waals surface area (Å²) in [5, 5.41) is 9.25. The first-order chi connectivity index (χ1) is 8.34. The molecule has 0 bridgehead atoms. The van der Waals surface area contributed by atoms with Gasteiger partial charge in [-0.05, 0) is 31.4 Å². The number of H-pyrrole nitrogens is 1. The number of aromatic nitrogens is 3. The van der Waals surface area contributed by atoms with Crippen molar-refractivity contribution in [3.05, 3.63) is 36.5 Å². The average Bonchev–Trinajstić information content (AvgIpc) is 2.80. The van der Waals surface area contributed by atoms with Crippen molar-refractivity contribution in [2.45, 2.75) is 24.7 Å². The van der Waals surface area contributed by atoms with E-state index in [1.165, 1.54) is 0 Å². The van der Waals surface area contributed by atoms with E-state index < -0.39 is 0 Å². The van der Waals surface area contributed by atoms with E-state index in [9.17, 15) is 5.26 Å². The van der Waals surface area contributed by atoms with Crippen LogP contribution in [0.15, 0.2) is 30.7 Å². The first-order valence-electron chi connectivity index (χ1n) is 5.71. The molecule has 0 spiro atoms. The van der Waals surface area contributed by atoms with Crippen LogP contribution in [0.5, 0.6) is 0 Å². The highest BCUT2D eigenvalue weighted by Crippen LogP contribution is 2.42. The van der Waals surface area contributed by atoms with E-state index >= 15 is 0 Å². The van der Waals surface area contributed by atoms with Crippen molar-refractivity contribution in [1.82, 2.24) is 15.0 Å². The fourth-order valence-electron chi connectivity index (χ4n) is 2.17. The molecular formula is C13H12N4. The fraction of sp³-hybridized carbons (Fsp3) is 0.308. The van der Waals surface area contributed by atoms with Crippen molar-refractivity contribution in [3.63, 3.8) is 0 Å². The summed E-state index contributed by atoms with van der Waals surface area (Å²) in [6.45, 7) is 0. The van der Waals surface area contributed by atoms with Crippen LogP contribution in [0.25, 0.3) is 11.3 Å². The number of aromatic amines is 1. The third kappa shape index (κ3) is 1.51. The first kappa shape index (κ1) is 10.0. The van der Waals surface area contributed by atoms with Crippen molar-refractivity contribution < 1.29 is 0 Å². The molecule has 0 saturated heterocycles. The van der Waals surface area contributed by atoms with Crippen LogP contribution in [-0.4, -0.2) is 15.0 Å². The molecule has 17 heavy (non-hydrogen) atoms. The molecule has 0 aromatic carbocycles. The lowest BCUT2D eigenvalue weighted by Crippen LogP contribution is -2.33. The second-order valence-electron chi connectivity index (χ2n) is 4.43. The van der Waals surface area contributed by atoms with E-state index in [1.54, 1.807) is 18.6 Å². The molecule has 1 N–H and O–H groups in total. The molecular weight excluding hydrogens is 212 g/mol. The van der Waals surface area contributed by atoms with Crippen LogP contribution >= 0.6 is 0 Å². The minimum atomic E-state index is -0.375. The average molecular weight is 224 g/mol. The largest absolute Gasteiger partial charge is 0.341 e. The molecule has 1 aliphatic rings. The molecule has 1 fully saturated rings. The normalized spacial score (nSPS) is 17.1. The van der Waals surface area contributed by atoms with Gasteiger partial charge in [0.15, 0.2) is 0 Å². The molecule has 0 aliphatic heterocycles. The van der Waals surface area contributed by atoms with E-state index in [0.717, 1.165) is 36.3 Å². The predicted molar refractivity (Wildman–Crippen MR) is 63.0 cm³/mol. The highest BCUT2D eigenvalue weighted by Gasteiger charge is 2.41. The third-order valence-corrected chi connectivity index (χ3v) is 3.42. The minimum Gasteiger partial charge on any atom is -0.341 e. The molecule has 0 radical (unpaired) electrons. The molecule has 1 aliphatic carbocycles. The SMILES string of the molecule is N#CC1(c2ncc(-c3cccnc3)[nH]2)CCC1. The van der Waals surface area contributed by atoms with Gasteiger partial charge in [-0.3, -0.25) is 4.98 Å². The van der Waals surface area contributed by atoms with Crippen LogP contribution in [0.2, 0.25) is 0 Å². The molecule has 2 heterocycles. The second kappa shape index (κ2) is 3.70. The standard InChI is InChI=1S/C13H12N4/c14-9-13(4-2-5-13)12-16-8-11(17-12)10-3-1-6-15-7-10/h1,3,6-8H,2,4-5H2,(H,16,17). The zero-order valence-corrected chi connectivity index (χ0v) is 9.35. The van der Waals surface area contributed by atoms with Crippen LogP contribution in [-0.2, 0) is 5.41 Å². The fourth-order valence-corrected chi connectivity index (χ4v) is 2.17. The number of nitriles is 1. The van der Waals surface area contributed by atoms with Crippen LogP contribution in [0.4, 0.5) is 0 Å². The van der Waals surface area contributed by atoms with Crippen molar-refractivity contribution in [2.24, 2.45) is 0 Å². The van der Waals surface area contributed by atoms with Gasteiger partial charge in [0.25, 0.3) is 0 Å². The predicted octanol–water partition coefficient (Wildman–Crippen LogP) is 2.42. The smallest absolute Gasteiger partial charge is 0.127 e. The van der Waals surface area contributed by atoms with Crippen molar-refractivity contribution >= 4 is 0 Å². The Morgan fingerprint density at radius 2 is 2.24 bits per heavy atom. The minimum absolute atomic E-state index is 0.375. The summed E-state index contributed by atoms with van der Waals surface area (Å²) < 4.78 is 0. The van der Waals surface area contributed by atoms with Gasteiger partial charge in [0.2, 0.25) is 0 Å². The Morgan fingerprint density at radius 3 is 2.82 bits per heavy atom. The quantitative estimate of drug-likeness (QED) is 0.851. The molecule has 4 nitrogen and oxygen atoms in total. The van der Waals surface area contributed by atoms with Gasteiger partial charge in [-0.25, -0.2) is 4.98 Å². The van der Waals surface area contributed by atoms with Gasteiger partial charge in [-0.2, -0.15) is 5.26 Å². The Morgan fingerprint density at radius 1 is 1.35 bits per heavy atom. The highest BCUT2D eigenvalue weighted by atomic mass is 14.9. The Bertz CT molecular complexity index is 561. The molecule has 4 heteroatoms. The lowest BCUT2D eigenvalue weighted by atomic mass is 9.69. The molecule has 0 atom stereocenters. The van der Waals surface area contributed by atoms with Gasteiger partial charge in [0.05, 0.1) is 18.0 Å². The summed E-state index contributed by atoms with van der Waals surface area (Å²) in [4.78, 5) is 11.7. The number of nitrogens with one attached hydrogen (secondary N) is 1. The topological polar surface area (TPSA) is 65.4 Å². The van der Waals surface area contributed by atoms with Gasteiger partial charge in [-0.1, -0.05) is 0 Å². The van der Waals surface area contributed by atoms with Crippen molar-refractivity contribution in [1.29, 1.82) is 5.26 Å². The van der Waals surface area contributed by atoms with E-state index in [0.29, 0.717) is 0 Å². The summed E-state index contributed by atoms with van der Waals surface area (Å²) in [5.41, 5.74) is 1.55. The number of nitrogens with zero attached hydrogens (tertiary/aromatic N) is 3. The molecule has 3 rings (SSSR count). The van der Waals surface area contributed by atoms with Crippen molar-refractivity contribution in [2.75, 3.05) is 0 Å². The maximum atomic E-state index is 9.25. The number of rotatable bonds is 2. The zero-order chi connectivity index (χ0) is 11.7.